The highest BCUT2D eigenvalue weighted by molar-refractivity contribution is 7.18. The third-order valence-corrected chi connectivity index (χ3v) is 9.73. The van der Waals surface area contributed by atoms with E-state index in [9.17, 15) is 0 Å². The molecule has 0 bridgehead atoms. The summed E-state index contributed by atoms with van der Waals surface area (Å²) >= 11 is 5.55. The molecule has 0 atom stereocenters. The summed E-state index contributed by atoms with van der Waals surface area (Å²) in [5, 5.41) is 16.2. The smallest absolute Gasteiger partial charge is 0.104 e. The van der Waals surface area contributed by atoms with E-state index in [1.54, 1.807) is 0 Å². The second-order valence-corrected chi connectivity index (χ2v) is 11.6. The molecule has 0 spiro atoms. The summed E-state index contributed by atoms with van der Waals surface area (Å²) in [4.78, 5) is 1.36. The topological polar surface area (TPSA) is 9.86 Å². The molecule has 0 saturated heterocycles. The van der Waals surface area contributed by atoms with E-state index in [-0.39, 0.29) is 0 Å². The van der Waals surface area contributed by atoms with E-state index >= 15 is 0 Å². The van der Waals surface area contributed by atoms with Gasteiger partial charge in [0.15, 0.2) is 0 Å². The Morgan fingerprint density at radius 3 is 1.94 bits per heavy atom. The van der Waals surface area contributed by atoms with Crippen LogP contribution in [0.4, 0.5) is 0 Å². The average Bonchev–Trinajstić information content (AvgIpc) is 3.70. The minimum absolute atomic E-state index is 0.868. The molecule has 2 nitrogen and oxygen atoms in total. The lowest BCUT2D eigenvalue weighted by Crippen LogP contribution is -2.03. The van der Waals surface area contributed by atoms with Gasteiger partial charge in [-0.3, -0.25) is 0 Å². The molecule has 5 aromatic heterocycles. The standard InChI is InChI=1S/C30H20N2S3/c1-3-7-19(8-4-1)15-31-24-12-14-34-29(24)26-23-18-33-17-22(23)25-21-11-13-35-30(21)32(27(25)28(26)31)16-20-9-5-2-6-10-20/h1-14,17-18H,15-16H2. The molecule has 5 heterocycles. The summed E-state index contributed by atoms with van der Waals surface area (Å²) in [6, 6.07) is 26.4. The molecule has 0 aliphatic carbocycles. The van der Waals surface area contributed by atoms with E-state index in [2.05, 4.69) is 103 Å². The quantitative estimate of drug-likeness (QED) is 0.226. The van der Waals surface area contributed by atoms with Gasteiger partial charge < -0.3 is 9.13 Å². The molecular formula is C30H20N2S3. The van der Waals surface area contributed by atoms with Gasteiger partial charge in [0.25, 0.3) is 0 Å². The van der Waals surface area contributed by atoms with Gasteiger partial charge in [0.1, 0.15) is 4.83 Å². The van der Waals surface area contributed by atoms with E-state index in [1.807, 2.05) is 34.0 Å². The molecular weight excluding hydrogens is 485 g/mol. The highest BCUT2D eigenvalue weighted by atomic mass is 32.1. The van der Waals surface area contributed by atoms with Gasteiger partial charge in [0.05, 0.1) is 21.3 Å². The monoisotopic (exact) mass is 504 g/mol. The molecule has 0 aliphatic rings. The first-order valence-corrected chi connectivity index (χ1v) is 14.4. The number of nitrogens with zero attached hydrogens (tertiary/aromatic N) is 2. The minimum Gasteiger partial charge on any atom is -0.334 e. The Labute approximate surface area is 213 Å². The van der Waals surface area contributed by atoms with Crippen LogP contribution in [-0.4, -0.2) is 9.13 Å². The highest BCUT2D eigenvalue weighted by Gasteiger charge is 2.24. The molecule has 0 unspecified atom stereocenters. The van der Waals surface area contributed by atoms with E-state index in [0.29, 0.717) is 0 Å². The first-order valence-electron chi connectivity index (χ1n) is 11.7. The van der Waals surface area contributed by atoms with E-state index in [4.69, 9.17) is 0 Å². The largest absolute Gasteiger partial charge is 0.334 e. The summed E-state index contributed by atoms with van der Waals surface area (Å²) in [5.41, 5.74) is 6.75. The average molecular weight is 505 g/mol. The van der Waals surface area contributed by atoms with Crippen molar-refractivity contribution in [2.24, 2.45) is 0 Å². The maximum absolute atomic E-state index is 2.58. The summed E-state index contributed by atoms with van der Waals surface area (Å²) in [7, 11) is 0. The summed E-state index contributed by atoms with van der Waals surface area (Å²) in [5.74, 6) is 0. The lowest BCUT2D eigenvalue weighted by atomic mass is 10.0. The predicted octanol–water partition coefficient (Wildman–Crippen LogP) is 9.34. The highest BCUT2D eigenvalue weighted by Crippen LogP contribution is 2.48. The molecule has 8 rings (SSSR count). The van der Waals surface area contributed by atoms with Crippen molar-refractivity contribution in [1.82, 2.24) is 9.13 Å². The predicted molar refractivity (Wildman–Crippen MR) is 155 cm³/mol. The fourth-order valence-electron chi connectivity index (χ4n) is 5.68. The molecule has 0 fully saturated rings. The number of aromatic nitrogens is 2. The van der Waals surface area contributed by atoms with Crippen molar-refractivity contribution < 1.29 is 0 Å². The second kappa shape index (κ2) is 7.56. The van der Waals surface area contributed by atoms with Gasteiger partial charge in [-0.05, 0) is 44.8 Å². The van der Waals surface area contributed by atoms with Gasteiger partial charge in [-0.2, -0.15) is 11.3 Å². The number of fused-ring (bicyclic) bond motifs is 10. The zero-order valence-electron chi connectivity index (χ0n) is 18.8. The molecule has 3 aromatic carbocycles. The lowest BCUT2D eigenvalue weighted by molar-refractivity contribution is 0.852. The minimum atomic E-state index is 0.868. The molecule has 0 aliphatic heterocycles. The Kier molecular flexibility index (Phi) is 4.29. The van der Waals surface area contributed by atoms with Crippen LogP contribution in [0.5, 0.6) is 0 Å². The van der Waals surface area contributed by atoms with Crippen molar-refractivity contribution in [2.75, 3.05) is 0 Å². The number of hydrogen-bond acceptors (Lipinski definition) is 3. The summed E-state index contributed by atoms with van der Waals surface area (Å²) < 4.78 is 6.55. The van der Waals surface area contributed by atoms with Gasteiger partial charge in [-0.15, -0.1) is 22.7 Å². The summed E-state index contributed by atoms with van der Waals surface area (Å²) in [6.45, 7) is 1.74. The zero-order valence-corrected chi connectivity index (χ0v) is 21.2. The first-order chi connectivity index (χ1) is 17.4. The van der Waals surface area contributed by atoms with Gasteiger partial charge >= 0.3 is 0 Å². The second-order valence-electron chi connectivity index (χ2n) is 9.06. The van der Waals surface area contributed by atoms with Crippen molar-refractivity contribution in [3.05, 3.63) is 105 Å². The van der Waals surface area contributed by atoms with Crippen LogP contribution in [0.25, 0.3) is 53.0 Å². The number of thiophene rings is 3. The fourth-order valence-corrected chi connectivity index (χ4v) is 8.38. The maximum atomic E-state index is 2.58. The van der Waals surface area contributed by atoms with Gasteiger partial charge in [-0.25, -0.2) is 0 Å². The molecule has 8 aromatic rings. The number of rotatable bonds is 4. The summed E-state index contributed by atoms with van der Waals surface area (Å²) in [6.07, 6.45) is 0. The van der Waals surface area contributed by atoms with Gasteiger partial charge in [-0.1, -0.05) is 60.7 Å². The van der Waals surface area contributed by atoms with Crippen LogP contribution in [0.1, 0.15) is 11.1 Å². The lowest BCUT2D eigenvalue weighted by Gasteiger charge is -2.13. The van der Waals surface area contributed by atoms with Gasteiger partial charge in [0, 0.05) is 40.0 Å². The molecule has 0 N–H and O–H groups in total. The van der Waals surface area contributed by atoms with Crippen LogP contribution in [0.3, 0.4) is 0 Å². The van der Waals surface area contributed by atoms with Crippen molar-refractivity contribution in [2.45, 2.75) is 13.1 Å². The molecule has 168 valence electrons. The third kappa shape index (κ3) is 2.80. The van der Waals surface area contributed by atoms with Crippen LogP contribution >= 0.6 is 34.0 Å². The normalized spacial score (nSPS) is 12.2. The SMILES string of the molecule is c1ccc(Cn2c3ccsc3c3c4cscc4c4c5ccsc5n(Cc5ccccc5)c4c32)cc1. The van der Waals surface area contributed by atoms with Crippen LogP contribution in [0.15, 0.2) is 94.3 Å². The van der Waals surface area contributed by atoms with Gasteiger partial charge in [0.2, 0.25) is 0 Å². The van der Waals surface area contributed by atoms with Crippen LogP contribution < -0.4 is 0 Å². The number of hydrogen-bond donors (Lipinski definition) is 0. The van der Waals surface area contributed by atoms with Crippen LogP contribution in [0.2, 0.25) is 0 Å². The first kappa shape index (κ1) is 19.9. The number of benzene rings is 3. The Hall–Kier alpha value is -3.38. The fraction of sp³-hybridized carbons (Fsp3) is 0.0667. The zero-order chi connectivity index (χ0) is 22.9. The Balaban J connectivity index is 1.58. The van der Waals surface area contributed by atoms with Crippen molar-refractivity contribution in [1.29, 1.82) is 0 Å². The Morgan fingerprint density at radius 2 is 1.20 bits per heavy atom. The van der Waals surface area contributed by atoms with Crippen LogP contribution in [-0.2, 0) is 13.1 Å². The maximum Gasteiger partial charge on any atom is 0.104 e. The van der Waals surface area contributed by atoms with E-state index < -0.39 is 0 Å². The van der Waals surface area contributed by atoms with E-state index in [1.165, 1.54) is 64.1 Å². The Morgan fingerprint density at radius 1 is 0.571 bits per heavy atom. The van der Waals surface area contributed by atoms with Crippen molar-refractivity contribution in [3.8, 4) is 0 Å². The molecule has 5 heteroatoms. The van der Waals surface area contributed by atoms with E-state index in [0.717, 1.165) is 13.1 Å². The van der Waals surface area contributed by atoms with Crippen LogP contribution in [0, 0.1) is 0 Å². The Bertz CT molecular complexity index is 1850. The molecule has 35 heavy (non-hydrogen) atoms. The molecule has 0 radical (unpaired) electrons. The third-order valence-electron chi connectivity index (χ3n) is 7.13. The van der Waals surface area contributed by atoms with Crippen molar-refractivity contribution >= 4 is 87.0 Å². The van der Waals surface area contributed by atoms with Crippen molar-refractivity contribution in [3.63, 3.8) is 0 Å². The molecule has 0 amide bonds. The molecule has 0 saturated carbocycles.